The van der Waals surface area contributed by atoms with Gasteiger partial charge in [0.1, 0.15) is 5.82 Å². The Hall–Kier alpha value is -1.63. The van der Waals surface area contributed by atoms with Crippen molar-refractivity contribution in [3.8, 4) is 0 Å². The molecule has 0 aliphatic carbocycles. The molecule has 23 heavy (non-hydrogen) atoms. The molecular weight excluding hydrogens is 314 g/mol. The smallest absolute Gasteiger partial charge is 0.255 e. The number of nitrogens with zero attached hydrogens (tertiary/aromatic N) is 3. The van der Waals surface area contributed by atoms with Crippen LogP contribution in [-0.2, 0) is 9.84 Å². The van der Waals surface area contributed by atoms with Gasteiger partial charge in [-0.3, -0.25) is 4.79 Å². The van der Waals surface area contributed by atoms with Crippen LogP contribution in [0.3, 0.4) is 0 Å². The average molecular weight is 339 g/mol. The lowest BCUT2D eigenvalue weighted by Gasteiger charge is -2.28. The van der Waals surface area contributed by atoms with Crippen LogP contribution in [0.25, 0.3) is 0 Å². The quantitative estimate of drug-likeness (QED) is 0.833. The summed E-state index contributed by atoms with van der Waals surface area (Å²) >= 11 is 0. The van der Waals surface area contributed by atoms with Gasteiger partial charge in [0.2, 0.25) is 0 Å². The molecule has 6 nitrogen and oxygen atoms in total. The third-order valence-corrected chi connectivity index (χ3v) is 5.34. The zero-order valence-electron chi connectivity index (χ0n) is 14.2. The monoisotopic (exact) mass is 339 g/mol. The standard InChI is InChI=1S/C16H25N3O3S/c1-16(2,3)12-18(4)14-6-5-13(11-17-14)15(20)19-7-9-23(21,22)10-8-19/h5-6,11H,7-10,12H2,1-4H3. The van der Waals surface area contributed by atoms with Crippen molar-refractivity contribution in [2.24, 2.45) is 5.41 Å². The molecule has 0 radical (unpaired) electrons. The van der Waals surface area contributed by atoms with Gasteiger partial charge in [0, 0.05) is 32.9 Å². The number of carbonyl (C=O) groups excluding carboxylic acids is 1. The van der Waals surface area contributed by atoms with Crippen LogP contribution in [0.4, 0.5) is 5.82 Å². The summed E-state index contributed by atoms with van der Waals surface area (Å²) in [6.07, 6.45) is 1.57. The van der Waals surface area contributed by atoms with Crippen molar-refractivity contribution >= 4 is 21.6 Å². The number of hydrogen-bond acceptors (Lipinski definition) is 5. The molecule has 128 valence electrons. The third kappa shape index (κ3) is 4.92. The van der Waals surface area contributed by atoms with E-state index in [1.807, 2.05) is 13.1 Å². The van der Waals surface area contributed by atoms with Gasteiger partial charge < -0.3 is 9.80 Å². The lowest BCUT2D eigenvalue weighted by atomic mass is 9.96. The molecule has 0 aromatic carbocycles. The molecule has 2 heterocycles. The van der Waals surface area contributed by atoms with Gasteiger partial charge in [0.05, 0.1) is 17.1 Å². The van der Waals surface area contributed by atoms with Gasteiger partial charge in [0.25, 0.3) is 5.91 Å². The van der Waals surface area contributed by atoms with Crippen LogP contribution in [0.5, 0.6) is 0 Å². The maximum atomic E-state index is 12.4. The first kappa shape index (κ1) is 17.7. The van der Waals surface area contributed by atoms with Gasteiger partial charge in [-0.1, -0.05) is 20.8 Å². The van der Waals surface area contributed by atoms with E-state index in [1.165, 1.54) is 0 Å². The summed E-state index contributed by atoms with van der Waals surface area (Å²) in [7, 11) is -1.01. The fourth-order valence-electron chi connectivity index (χ4n) is 2.63. The zero-order valence-corrected chi connectivity index (χ0v) is 15.1. The van der Waals surface area contributed by atoms with E-state index in [1.54, 1.807) is 17.2 Å². The first-order valence-electron chi connectivity index (χ1n) is 7.74. The van der Waals surface area contributed by atoms with Crippen molar-refractivity contribution in [1.82, 2.24) is 9.88 Å². The second kappa shape index (κ2) is 6.47. The van der Waals surface area contributed by atoms with Crippen LogP contribution in [-0.4, -0.2) is 62.4 Å². The highest BCUT2D eigenvalue weighted by Gasteiger charge is 2.26. The molecule has 1 aliphatic rings. The lowest BCUT2D eigenvalue weighted by molar-refractivity contribution is 0.0770. The maximum absolute atomic E-state index is 12.4. The fraction of sp³-hybridized carbons (Fsp3) is 0.625. The minimum absolute atomic E-state index is 0.0403. The third-order valence-electron chi connectivity index (χ3n) is 3.73. The Bertz CT molecular complexity index is 649. The normalized spacial score (nSPS) is 17.8. The van der Waals surface area contributed by atoms with Gasteiger partial charge in [0.15, 0.2) is 9.84 Å². The van der Waals surface area contributed by atoms with Crippen molar-refractivity contribution in [2.75, 3.05) is 43.1 Å². The second-order valence-electron chi connectivity index (χ2n) is 7.27. The summed E-state index contributed by atoms with van der Waals surface area (Å²) in [5.41, 5.74) is 0.654. The Morgan fingerprint density at radius 3 is 2.35 bits per heavy atom. The van der Waals surface area contributed by atoms with Crippen molar-refractivity contribution in [2.45, 2.75) is 20.8 Å². The van der Waals surface area contributed by atoms with Crippen LogP contribution in [0.2, 0.25) is 0 Å². The van der Waals surface area contributed by atoms with Gasteiger partial charge >= 0.3 is 0 Å². The van der Waals surface area contributed by atoms with Gasteiger partial charge in [-0.15, -0.1) is 0 Å². The molecular formula is C16H25N3O3S. The zero-order chi connectivity index (χ0) is 17.3. The number of amides is 1. The second-order valence-corrected chi connectivity index (χ2v) is 9.57. The summed E-state index contributed by atoms with van der Waals surface area (Å²) in [5, 5.41) is 0. The Labute approximate surface area is 138 Å². The molecule has 0 unspecified atom stereocenters. The van der Waals surface area contributed by atoms with Gasteiger partial charge in [-0.25, -0.2) is 13.4 Å². The predicted octanol–water partition coefficient (Wildman–Crippen LogP) is 1.43. The molecule has 7 heteroatoms. The van der Waals surface area contributed by atoms with E-state index in [0.717, 1.165) is 12.4 Å². The molecule has 0 saturated carbocycles. The highest BCUT2D eigenvalue weighted by atomic mass is 32.2. The van der Waals surface area contributed by atoms with Crippen molar-refractivity contribution in [1.29, 1.82) is 0 Å². The average Bonchev–Trinajstić information content (AvgIpc) is 2.45. The highest BCUT2D eigenvalue weighted by Crippen LogP contribution is 2.19. The van der Waals surface area contributed by atoms with E-state index in [2.05, 4.69) is 30.7 Å². The van der Waals surface area contributed by atoms with E-state index in [4.69, 9.17) is 0 Å². The van der Waals surface area contributed by atoms with E-state index < -0.39 is 9.84 Å². The summed E-state index contributed by atoms with van der Waals surface area (Å²) in [5.74, 6) is 0.743. The predicted molar refractivity (Wildman–Crippen MR) is 91.5 cm³/mol. The fourth-order valence-corrected chi connectivity index (χ4v) is 3.83. The molecule has 0 bridgehead atoms. The van der Waals surface area contributed by atoms with E-state index in [-0.39, 0.29) is 35.9 Å². The van der Waals surface area contributed by atoms with Crippen LogP contribution in [0, 0.1) is 5.41 Å². The lowest BCUT2D eigenvalue weighted by Crippen LogP contribution is -2.43. The first-order valence-corrected chi connectivity index (χ1v) is 9.56. The molecule has 2 rings (SSSR count). The molecule has 1 aromatic rings. The largest absolute Gasteiger partial charge is 0.359 e. The molecule has 0 atom stereocenters. The van der Waals surface area contributed by atoms with Crippen LogP contribution in [0.15, 0.2) is 18.3 Å². The number of sulfone groups is 1. The summed E-state index contributed by atoms with van der Waals surface area (Å²) < 4.78 is 22.9. The van der Waals surface area contributed by atoms with Gasteiger partial charge in [-0.05, 0) is 17.5 Å². The Morgan fingerprint density at radius 1 is 1.26 bits per heavy atom. The topological polar surface area (TPSA) is 70.6 Å². The Balaban J connectivity index is 2.03. The number of hydrogen-bond donors (Lipinski definition) is 0. The van der Waals surface area contributed by atoms with Crippen molar-refractivity contribution in [3.05, 3.63) is 23.9 Å². The van der Waals surface area contributed by atoms with E-state index >= 15 is 0 Å². The Kier molecular flexibility index (Phi) is 4.98. The van der Waals surface area contributed by atoms with Crippen molar-refractivity contribution in [3.63, 3.8) is 0 Å². The molecule has 0 N–H and O–H groups in total. The minimum atomic E-state index is -2.98. The first-order chi connectivity index (χ1) is 10.6. The molecule has 1 aromatic heterocycles. The maximum Gasteiger partial charge on any atom is 0.255 e. The molecule has 1 amide bonds. The van der Waals surface area contributed by atoms with Crippen LogP contribution in [0.1, 0.15) is 31.1 Å². The molecule has 1 aliphatic heterocycles. The number of anilines is 1. The van der Waals surface area contributed by atoms with E-state index in [9.17, 15) is 13.2 Å². The summed E-state index contributed by atoms with van der Waals surface area (Å²) in [4.78, 5) is 20.4. The minimum Gasteiger partial charge on any atom is -0.359 e. The number of rotatable bonds is 3. The van der Waals surface area contributed by atoms with Crippen LogP contribution >= 0.6 is 0 Å². The van der Waals surface area contributed by atoms with E-state index in [0.29, 0.717) is 5.56 Å². The Morgan fingerprint density at radius 2 is 1.87 bits per heavy atom. The number of aromatic nitrogens is 1. The summed E-state index contributed by atoms with van der Waals surface area (Å²) in [6.45, 7) is 7.85. The number of carbonyl (C=O) groups is 1. The molecule has 0 spiro atoms. The molecule has 1 fully saturated rings. The van der Waals surface area contributed by atoms with Crippen molar-refractivity contribution < 1.29 is 13.2 Å². The SMILES string of the molecule is CN(CC(C)(C)C)c1ccc(C(=O)N2CCS(=O)(=O)CC2)cn1. The summed E-state index contributed by atoms with van der Waals surface area (Å²) in [6, 6.07) is 3.59. The highest BCUT2D eigenvalue weighted by molar-refractivity contribution is 7.91. The van der Waals surface area contributed by atoms with Gasteiger partial charge in [-0.2, -0.15) is 0 Å². The van der Waals surface area contributed by atoms with Crippen LogP contribution < -0.4 is 4.90 Å². The number of pyridine rings is 1. The molecule has 1 saturated heterocycles.